The van der Waals surface area contributed by atoms with E-state index < -0.39 is 24.5 Å². The van der Waals surface area contributed by atoms with Gasteiger partial charge in [0.2, 0.25) is 0 Å². The molecule has 3 rings (SSSR count). The van der Waals surface area contributed by atoms with Crippen LogP contribution in [0.5, 0.6) is 11.5 Å². The van der Waals surface area contributed by atoms with Gasteiger partial charge in [-0.05, 0) is 54.8 Å². The first-order valence-corrected chi connectivity index (χ1v) is 15.2. The molecule has 0 N–H and O–H groups in total. The molecule has 0 aliphatic carbocycles. The van der Waals surface area contributed by atoms with E-state index in [2.05, 4.69) is 16.9 Å². The molecule has 0 aliphatic heterocycles. The number of benzene rings is 2. The maximum Gasteiger partial charge on any atom is 0.392 e. The molecule has 8 heteroatoms. The smallest absolute Gasteiger partial charge is 0.392 e. The number of hydrogen-bond donors (Lipinski definition) is 0. The molecule has 2 aromatic carbocycles. The lowest BCUT2D eigenvalue weighted by atomic mass is 9.97. The second-order valence-electron chi connectivity index (χ2n) is 10.7. The van der Waals surface area contributed by atoms with E-state index in [1.165, 1.54) is 44.2 Å². The highest BCUT2D eigenvalue weighted by Crippen LogP contribution is 2.34. The maximum absolute atomic E-state index is 13.4. The van der Waals surface area contributed by atoms with Gasteiger partial charge >= 0.3 is 12.1 Å². The Morgan fingerprint density at radius 2 is 1.26 bits per heavy atom. The van der Waals surface area contributed by atoms with E-state index in [0.717, 1.165) is 42.6 Å². The van der Waals surface area contributed by atoms with Gasteiger partial charge in [0.1, 0.15) is 11.5 Å². The monoisotopic (exact) mass is 584 g/mol. The number of aromatic nitrogens is 2. The molecule has 1 heterocycles. The number of halogens is 3. The molecule has 1 unspecified atom stereocenters. The van der Waals surface area contributed by atoms with E-state index in [1.807, 2.05) is 31.2 Å². The molecule has 42 heavy (non-hydrogen) atoms. The van der Waals surface area contributed by atoms with Gasteiger partial charge in [-0.2, -0.15) is 13.2 Å². The van der Waals surface area contributed by atoms with Gasteiger partial charge in [-0.15, -0.1) is 0 Å². The minimum atomic E-state index is -4.43. The van der Waals surface area contributed by atoms with Gasteiger partial charge < -0.3 is 9.47 Å². The number of ether oxygens (including phenoxy) is 2. The third kappa shape index (κ3) is 11.5. The number of nitrogens with zero attached hydrogens (tertiary/aromatic N) is 2. The third-order valence-corrected chi connectivity index (χ3v) is 7.23. The Bertz CT molecular complexity index is 1180. The largest absolute Gasteiger partial charge is 0.494 e. The normalized spacial score (nSPS) is 12.2. The standard InChI is InChI=1S/C34H43F3N2O3/c1-3-5-7-9-10-12-22-41-30-18-14-26(15-19-30)28-24-38-33(39-25-28)27-16-20-31(21-17-27)42-32(40)23-29(34(35,36)37)13-11-8-6-4-2/h14-21,24-25,29H,3-13,22-23H2,1-2H3. The van der Waals surface area contributed by atoms with Crippen molar-refractivity contribution in [3.8, 4) is 34.0 Å². The maximum atomic E-state index is 13.4. The van der Waals surface area contributed by atoms with Gasteiger partial charge in [-0.3, -0.25) is 4.79 Å². The highest BCUT2D eigenvalue weighted by atomic mass is 19.4. The quantitative estimate of drug-likeness (QED) is 0.0846. The van der Waals surface area contributed by atoms with Crippen LogP contribution in [0.4, 0.5) is 13.2 Å². The summed E-state index contributed by atoms with van der Waals surface area (Å²) >= 11 is 0. The molecule has 228 valence electrons. The van der Waals surface area contributed by atoms with E-state index in [4.69, 9.17) is 9.47 Å². The van der Waals surface area contributed by atoms with Crippen LogP contribution >= 0.6 is 0 Å². The average molecular weight is 585 g/mol. The van der Waals surface area contributed by atoms with Crippen LogP contribution in [0.25, 0.3) is 22.5 Å². The number of carbonyl (C=O) groups is 1. The Morgan fingerprint density at radius 3 is 1.88 bits per heavy atom. The molecule has 0 spiro atoms. The van der Waals surface area contributed by atoms with E-state index in [-0.39, 0.29) is 12.2 Å². The lowest BCUT2D eigenvalue weighted by Gasteiger charge is -2.19. The van der Waals surface area contributed by atoms with Crippen molar-refractivity contribution in [2.24, 2.45) is 5.92 Å². The summed E-state index contributed by atoms with van der Waals surface area (Å²) in [5.41, 5.74) is 2.53. The van der Waals surface area contributed by atoms with E-state index in [1.54, 1.807) is 24.5 Å². The molecule has 1 aromatic heterocycles. The van der Waals surface area contributed by atoms with Gasteiger partial charge in [0.05, 0.1) is 18.9 Å². The van der Waals surface area contributed by atoms with Crippen molar-refractivity contribution >= 4 is 5.97 Å². The van der Waals surface area contributed by atoms with Crippen molar-refractivity contribution in [2.75, 3.05) is 6.61 Å². The predicted molar refractivity (Wildman–Crippen MR) is 160 cm³/mol. The first kappa shape index (κ1) is 33.1. The fourth-order valence-electron chi connectivity index (χ4n) is 4.69. The Morgan fingerprint density at radius 1 is 0.714 bits per heavy atom. The molecule has 0 amide bonds. The van der Waals surface area contributed by atoms with Crippen LogP contribution in [0.15, 0.2) is 60.9 Å². The lowest BCUT2D eigenvalue weighted by molar-refractivity contribution is -0.183. The molecule has 3 aromatic rings. The van der Waals surface area contributed by atoms with Gasteiger partial charge in [-0.1, -0.05) is 83.8 Å². The molecule has 5 nitrogen and oxygen atoms in total. The fourth-order valence-corrected chi connectivity index (χ4v) is 4.69. The van der Waals surface area contributed by atoms with Crippen molar-refractivity contribution < 1.29 is 27.4 Å². The van der Waals surface area contributed by atoms with Gasteiger partial charge in [0.15, 0.2) is 5.82 Å². The van der Waals surface area contributed by atoms with Crippen LogP contribution < -0.4 is 9.47 Å². The molecular formula is C34H43F3N2O3. The summed E-state index contributed by atoms with van der Waals surface area (Å²) in [6, 6.07) is 14.3. The van der Waals surface area contributed by atoms with E-state index >= 15 is 0 Å². The van der Waals surface area contributed by atoms with Crippen molar-refractivity contribution in [2.45, 2.75) is 97.1 Å². The van der Waals surface area contributed by atoms with Crippen LogP contribution in [0, 0.1) is 5.92 Å². The highest BCUT2D eigenvalue weighted by molar-refractivity contribution is 5.73. The van der Waals surface area contributed by atoms with Gasteiger partial charge in [0.25, 0.3) is 0 Å². The first-order valence-electron chi connectivity index (χ1n) is 15.2. The molecule has 0 saturated carbocycles. The van der Waals surface area contributed by atoms with Crippen molar-refractivity contribution in [3.63, 3.8) is 0 Å². The van der Waals surface area contributed by atoms with Crippen molar-refractivity contribution in [3.05, 3.63) is 60.9 Å². The second-order valence-corrected chi connectivity index (χ2v) is 10.7. The summed E-state index contributed by atoms with van der Waals surface area (Å²) in [5, 5.41) is 0. The topological polar surface area (TPSA) is 61.3 Å². The van der Waals surface area contributed by atoms with Crippen LogP contribution in [-0.4, -0.2) is 28.7 Å². The van der Waals surface area contributed by atoms with Gasteiger partial charge in [0, 0.05) is 23.5 Å². The van der Waals surface area contributed by atoms with Gasteiger partial charge in [-0.25, -0.2) is 9.97 Å². The number of carbonyl (C=O) groups excluding carboxylic acids is 1. The molecule has 0 radical (unpaired) electrons. The molecular weight excluding hydrogens is 541 g/mol. The Hall–Kier alpha value is -3.42. The Kier molecular flexibility index (Phi) is 13.8. The highest BCUT2D eigenvalue weighted by Gasteiger charge is 2.40. The second kappa shape index (κ2) is 17.5. The van der Waals surface area contributed by atoms with Crippen LogP contribution in [0.3, 0.4) is 0 Å². The lowest BCUT2D eigenvalue weighted by Crippen LogP contribution is -2.27. The molecule has 0 aliphatic rings. The number of esters is 1. The Balaban J connectivity index is 1.49. The van der Waals surface area contributed by atoms with Crippen LogP contribution in [0.1, 0.15) is 90.9 Å². The molecule has 0 saturated heterocycles. The summed E-state index contributed by atoms with van der Waals surface area (Å²) in [7, 11) is 0. The minimum Gasteiger partial charge on any atom is -0.494 e. The summed E-state index contributed by atoms with van der Waals surface area (Å²) in [5.74, 6) is -1.07. The van der Waals surface area contributed by atoms with Crippen LogP contribution in [0.2, 0.25) is 0 Å². The zero-order valence-electron chi connectivity index (χ0n) is 24.8. The summed E-state index contributed by atoms with van der Waals surface area (Å²) in [4.78, 5) is 21.2. The predicted octanol–water partition coefficient (Wildman–Crippen LogP) is 9.99. The summed E-state index contributed by atoms with van der Waals surface area (Å²) in [6.45, 7) is 4.93. The molecule has 0 fully saturated rings. The third-order valence-electron chi connectivity index (χ3n) is 7.23. The van der Waals surface area contributed by atoms with E-state index in [0.29, 0.717) is 24.4 Å². The zero-order valence-corrected chi connectivity index (χ0v) is 24.8. The van der Waals surface area contributed by atoms with Crippen LogP contribution in [-0.2, 0) is 4.79 Å². The van der Waals surface area contributed by atoms with E-state index in [9.17, 15) is 18.0 Å². The number of rotatable bonds is 18. The molecule has 1 atom stereocenters. The van der Waals surface area contributed by atoms with Crippen molar-refractivity contribution in [1.82, 2.24) is 9.97 Å². The van der Waals surface area contributed by atoms with Crippen molar-refractivity contribution in [1.29, 1.82) is 0 Å². The molecule has 0 bridgehead atoms. The first-order chi connectivity index (χ1) is 20.3. The zero-order chi connectivity index (χ0) is 30.2. The summed E-state index contributed by atoms with van der Waals surface area (Å²) < 4.78 is 51.2. The summed E-state index contributed by atoms with van der Waals surface area (Å²) in [6.07, 6.45) is 8.63. The SMILES string of the molecule is CCCCCCCCOc1ccc(-c2cnc(-c3ccc(OC(=O)CC(CCCCCC)C(F)(F)F)cc3)nc2)cc1. The number of hydrogen-bond acceptors (Lipinski definition) is 5. The number of unbranched alkanes of at least 4 members (excludes halogenated alkanes) is 8. The Labute approximate surface area is 247 Å². The minimum absolute atomic E-state index is 0.0674. The number of alkyl halides is 3. The average Bonchev–Trinajstić information content (AvgIpc) is 2.98. The fraction of sp³-hybridized carbons (Fsp3) is 0.500.